The standard InChI is InChI=1S/C9H5BrO2/c10-8-4-6(5-11)3-7-1-2-12-9(7)8/h1-5H/i1D,2D. The van der Waals surface area contributed by atoms with Gasteiger partial charge in [-0.05, 0) is 34.1 Å². The van der Waals surface area contributed by atoms with Crippen LogP contribution in [0.2, 0.25) is 0 Å². The Morgan fingerprint density at radius 2 is 2.42 bits per heavy atom. The van der Waals surface area contributed by atoms with E-state index in [-0.39, 0.29) is 12.3 Å². The van der Waals surface area contributed by atoms with Crippen LogP contribution in [0.1, 0.15) is 13.1 Å². The fraction of sp³-hybridized carbons (Fsp3) is 0. The summed E-state index contributed by atoms with van der Waals surface area (Å²) in [5.74, 6) is 0. The van der Waals surface area contributed by atoms with Gasteiger partial charge in [-0.2, -0.15) is 0 Å². The van der Waals surface area contributed by atoms with E-state index in [1.807, 2.05) is 0 Å². The summed E-state index contributed by atoms with van der Waals surface area (Å²) in [5, 5.41) is 0.478. The van der Waals surface area contributed by atoms with Gasteiger partial charge in [-0.1, -0.05) is 0 Å². The molecule has 2 aromatic rings. The number of aldehydes is 1. The lowest BCUT2D eigenvalue weighted by atomic mass is 10.2. The SMILES string of the molecule is [2H]c1oc2c(Br)cc(C=O)cc2c1[2H]. The van der Waals surface area contributed by atoms with Gasteiger partial charge < -0.3 is 4.42 Å². The first-order valence-corrected chi connectivity index (χ1v) is 4.07. The lowest BCUT2D eigenvalue weighted by molar-refractivity contribution is 0.112. The van der Waals surface area contributed by atoms with Crippen LogP contribution in [0.3, 0.4) is 0 Å². The molecular weight excluding hydrogens is 220 g/mol. The van der Waals surface area contributed by atoms with Crippen molar-refractivity contribution in [1.82, 2.24) is 0 Å². The molecule has 3 heteroatoms. The van der Waals surface area contributed by atoms with Crippen molar-refractivity contribution >= 4 is 33.2 Å². The summed E-state index contributed by atoms with van der Waals surface area (Å²) in [5.41, 5.74) is 0.893. The lowest BCUT2D eigenvalue weighted by Gasteiger charge is -1.93. The number of furan rings is 1. The topological polar surface area (TPSA) is 30.2 Å². The van der Waals surface area contributed by atoms with E-state index < -0.39 is 0 Å². The maximum absolute atomic E-state index is 10.6. The zero-order chi connectivity index (χ0) is 10.3. The first-order valence-electron chi connectivity index (χ1n) is 4.28. The highest BCUT2D eigenvalue weighted by atomic mass is 79.9. The predicted octanol–water partition coefficient (Wildman–Crippen LogP) is 3.01. The number of benzene rings is 1. The molecule has 0 unspecified atom stereocenters. The van der Waals surface area contributed by atoms with Crippen molar-refractivity contribution in [2.24, 2.45) is 0 Å². The van der Waals surface area contributed by atoms with Gasteiger partial charge in [0.05, 0.1) is 12.1 Å². The molecule has 1 aromatic carbocycles. The molecule has 0 saturated carbocycles. The minimum Gasteiger partial charge on any atom is -0.463 e. The number of hydrogen-bond acceptors (Lipinski definition) is 2. The van der Waals surface area contributed by atoms with Gasteiger partial charge in [0.2, 0.25) is 0 Å². The highest BCUT2D eigenvalue weighted by molar-refractivity contribution is 9.10. The van der Waals surface area contributed by atoms with Gasteiger partial charge in [-0.15, -0.1) is 0 Å². The summed E-state index contributed by atoms with van der Waals surface area (Å²) in [6.07, 6.45) is 0.504. The van der Waals surface area contributed by atoms with E-state index in [1.165, 1.54) is 6.07 Å². The molecule has 0 amide bonds. The summed E-state index contributed by atoms with van der Waals surface area (Å²) in [6.45, 7) is 0. The quantitative estimate of drug-likeness (QED) is 0.701. The van der Waals surface area contributed by atoms with Crippen molar-refractivity contribution in [2.45, 2.75) is 0 Å². The summed E-state index contributed by atoms with van der Waals surface area (Å²) in [6, 6.07) is 3.14. The summed E-state index contributed by atoms with van der Waals surface area (Å²) >= 11 is 3.22. The number of carbonyl (C=O) groups excluding carboxylic acids is 1. The maximum atomic E-state index is 10.6. The molecule has 0 aliphatic rings. The molecule has 2 rings (SSSR count). The smallest absolute Gasteiger partial charge is 0.150 e. The van der Waals surface area contributed by atoms with E-state index in [0.717, 1.165) is 0 Å². The molecule has 0 N–H and O–H groups in total. The summed E-state index contributed by atoms with van der Waals surface area (Å²) in [7, 11) is 0. The molecule has 0 atom stereocenters. The minimum absolute atomic E-state index is 0.00407. The average molecular weight is 227 g/mol. The minimum atomic E-state index is -0.191. The second-order valence-corrected chi connectivity index (χ2v) is 3.18. The molecular formula is C9H5BrO2. The van der Waals surface area contributed by atoms with Crippen LogP contribution in [-0.4, -0.2) is 6.29 Å². The van der Waals surface area contributed by atoms with Gasteiger partial charge in [0.1, 0.15) is 13.2 Å². The molecule has 0 bridgehead atoms. The Kier molecular flexibility index (Phi) is 1.27. The van der Waals surface area contributed by atoms with Gasteiger partial charge in [0.25, 0.3) is 0 Å². The van der Waals surface area contributed by atoms with Crippen LogP contribution in [0.5, 0.6) is 0 Å². The van der Waals surface area contributed by atoms with E-state index in [1.54, 1.807) is 6.07 Å². The molecule has 0 saturated heterocycles. The lowest BCUT2D eigenvalue weighted by Crippen LogP contribution is -1.78. The fourth-order valence-corrected chi connectivity index (χ4v) is 1.57. The maximum Gasteiger partial charge on any atom is 0.150 e. The molecule has 2 nitrogen and oxygen atoms in total. The van der Waals surface area contributed by atoms with Crippen molar-refractivity contribution in [3.63, 3.8) is 0 Å². The van der Waals surface area contributed by atoms with Crippen molar-refractivity contribution in [2.75, 3.05) is 0 Å². The van der Waals surface area contributed by atoms with Crippen LogP contribution in [-0.2, 0) is 0 Å². The molecule has 0 aliphatic carbocycles. The van der Waals surface area contributed by atoms with Crippen LogP contribution in [0.25, 0.3) is 11.0 Å². The molecule has 0 aliphatic heterocycles. The Morgan fingerprint density at radius 3 is 3.17 bits per heavy atom. The van der Waals surface area contributed by atoms with Gasteiger partial charge in [0, 0.05) is 10.9 Å². The summed E-state index contributed by atoms with van der Waals surface area (Å²) in [4.78, 5) is 10.6. The van der Waals surface area contributed by atoms with E-state index in [2.05, 4.69) is 15.9 Å². The first kappa shape index (κ1) is 5.54. The number of rotatable bonds is 1. The molecule has 1 aromatic heterocycles. The average Bonchev–Trinajstić information content (AvgIpc) is 2.45. The summed E-state index contributed by atoms with van der Waals surface area (Å²) < 4.78 is 20.5. The monoisotopic (exact) mass is 226 g/mol. The molecule has 60 valence electrons. The molecule has 0 spiro atoms. The highest BCUT2D eigenvalue weighted by Crippen LogP contribution is 2.25. The van der Waals surface area contributed by atoms with Crippen LogP contribution in [0.15, 0.2) is 33.3 Å². The third kappa shape index (κ3) is 1.06. The largest absolute Gasteiger partial charge is 0.463 e. The molecule has 12 heavy (non-hydrogen) atoms. The zero-order valence-electron chi connectivity index (χ0n) is 7.93. The first-order chi connectivity index (χ1) is 6.63. The van der Waals surface area contributed by atoms with E-state index in [4.69, 9.17) is 7.16 Å². The van der Waals surface area contributed by atoms with Crippen LogP contribution in [0, 0.1) is 0 Å². The fourth-order valence-electron chi connectivity index (χ4n) is 1.01. The predicted molar refractivity (Wildman–Crippen MR) is 49.3 cm³/mol. The van der Waals surface area contributed by atoms with Crippen molar-refractivity contribution in [3.05, 3.63) is 34.5 Å². The number of carbonyl (C=O) groups is 1. The van der Waals surface area contributed by atoms with Gasteiger partial charge >= 0.3 is 0 Å². The molecule has 1 heterocycles. The third-order valence-electron chi connectivity index (χ3n) is 1.54. The van der Waals surface area contributed by atoms with Gasteiger partial charge in [0.15, 0.2) is 0 Å². The Labute approximate surface area is 80.1 Å². The van der Waals surface area contributed by atoms with Crippen molar-refractivity contribution < 1.29 is 12.0 Å². The second-order valence-electron chi connectivity index (χ2n) is 2.33. The second kappa shape index (κ2) is 2.75. The van der Waals surface area contributed by atoms with E-state index >= 15 is 0 Å². The van der Waals surface area contributed by atoms with Crippen molar-refractivity contribution in [3.8, 4) is 0 Å². The normalized spacial score (nSPS) is 12.8. The number of fused-ring (bicyclic) bond motifs is 1. The Morgan fingerprint density at radius 1 is 1.58 bits per heavy atom. The Bertz CT molecular complexity index is 519. The number of hydrogen-bond donors (Lipinski definition) is 0. The molecule has 0 fully saturated rings. The van der Waals surface area contributed by atoms with E-state index in [9.17, 15) is 4.79 Å². The van der Waals surface area contributed by atoms with E-state index in [0.29, 0.717) is 27.3 Å². The third-order valence-corrected chi connectivity index (χ3v) is 2.13. The number of halogens is 1. The Hall–Kier alpha value is -1.09. The Balaban J connectivity index is 2.90. The zero-order valence-corrected chi connectivity index (χ0v) is 7.51. The van der Waals surface area contributed by atoms with Crippen molar-refractivity contribution in [1.29, 1.82) is 0 Å². The molecule has 0 radical (unpaired) electrons. The van der Waals surface area contributed by atoms with Crippen LogP contribution < -0.4 is 0 Å². The van der Waals surface area contributed by atoms with Crippen LogP contribution >= 0.6 is 15.9 Å². The van der Waals surface area contributed by atoms with Gasteiger partial charge in [-0.25, -0.2) is 0 Å². The van der Waals surface area contributed by atoms with Crippen LogP contribution in [0.4, 0.5) is 0 Å². The highest BCUT2D eigenvalue weighted by Gasteiger charge is 2.03. The van der Waals surface area contributed by atoms with Gasteiger partial charge in [-0.3, -0.25) is 4.79 Å².